The zero-order valence-electron chi connectivity index (χ0n) is 8.71. The summed E-state index contributed by atoms with van der Waals surface area (Å²) in [4.78, 5) is 4.25. The van der Waals surface area contributed by atoms with E-state index < -0.39 is 6.10 Å². The number of thiazole rings is 1. The van der Waals surface area contributed by atoms with Gasteiger partial charge in [0.05, 0.1) is 16.9 Å². The highest BCUT2D eigenvalue weighted by Gasteiger charge is 2.14. The van der Waals surface area contributed by atoms with E-state index in [1.54, 1.807) is 22.2 Å². The van der Waals surface area contributed by atoms with E-state index in [4.69, 9.17) is 0 Å². The first-order valence-electron chi connectivity index (χ1n) is 4.83. The Morgan fingerprint density at radius 2 is 2.40 bits per heavy atom. The Hall–Kier alpha value is -1.20. The number of aliphatic hydroxyl groups is 1. The zero-order chi connectivity index (χ0) is 10.8. The average molecular weight is 223 g/mol. The monoisotopic (exact) mass is 223 g/mol. The van der Waals surface area contributed by atoms with Crippen molar-refractivity contribution in [2.24, 2.45) is 0 Å². The van der Waals surface area contributed by atoms with Crippen molar-refractivity contribution in [2.45, 2.75) is 26.5 Å². The Labute approximate surface area is 92.2 Å². The number of aromatic nitrogens is 3. The van der Waals surface area contributed by atoms with Gasteiger partial charge in [-0.15, -0.1) is 11.3 Å². The number of hydrogen-bond acceptors (Lipinski definition) is 4. The van der Waals surface area contributed by atoms with Crippen LogP contribution in [0.4, 0.5) is 0 Å². The van der Waals surface area contributed by atoms with Crippen LogP contribution in [0, 0.1) is 6.92 Å². The number of aryl methyl sites for hydroxylation is 2. The van der Waals surface area contributed by atoms with Crippen LogP contribution in [-0.4, -0.2) is 19.9 Å². The van der Waals surface area contributed by atoms with Crippen LogP contribution in [0.5, 0.6) is 0 Å². The molecule has 80 valence electrons. The van der Waals surface area contributed by atoms with Crippen molar-refractivity contribution in [1.29, 1.82) is 0 Å². The summed E-state index contributed by atoms with van der Waals surface area (Å²) < 4.78 is 1.79. The van der Waals surface area contributed by atoms with E-state index in [0.29, 0.717) is 5.69 Å². The van der Waals surface area contributed by atoms with Gasteiger partial charge in [0.2, 0.25) is 0 Å². The maximum Gasteiger partial charge on any atom is 0.125 e. The third-order valence-electron chi connectivity index (χ3n) is 2.21. The lowest BCUT2D eigenvalue weighted by molar-refractivity contribution is 0.216. The zero-order valence-corrected chi connectivity index (χ0v) is 9.53. The molecule has 0 aliphatic carbocycles. The van der Waals surface area contributed by atoms with Crippen molar-refractivity contribution in [2.75, 3.05) is 0 Å². The largest absolute Gasteiger partial charge is 0.382 e. The molecule has 2 heterocycles. The normalized spacial score (nSPS) is 13.0. The van der Waals surface area contributed by atoms with Crippen LogP contribution < -0.4 is 0 Å². The molecule has 15 heavy (non-hydrogen) atoms. The van der Waals surface area contributed by atoms with Crippen LogP contribution in [0.3, 0.4) is 0 Å². The van der Waals surface area contributed by atoms with Crippen LogP contribution in [0.15, 0.2) is 17.8 Å². The molecule has 0 fully saturated rings. The standard InChI is InChI=1S/C10H13N3OS/c1-3-13-5-8(4-11-13)10(14)9-6-15-7(2)12-9/h4-6,10,14H,3H2,1-2H3. The van der Waals surface area contributed by atoms with E-state index in [1.807, 2.05) is 25.4 Å². The van der Waals surface area contributed by atoms with Gasteiger partial charge in [0.1, 0.15) is 6.10 Å². The SMILES string of the molecule is CCn1cc(C(O)c2csc(C)n2)cn1. The smallest absolute Gasteiger partial charge is 0.125 e. The van der Waals surface area contributed by atoms with Gasteiger partial charge in [-0.3, -0.25) is 4.68 Å². The minimum Gasteiger partial charge on any atom is -0.382 e. The summed E-state index contributed by atoms with van der Waals surface area (Å²) in [5, 5.41) is 17.0. The second-order valence-corrected chi connectivity index (χ2v) is 4.39. The predicted octanol–water partition coefficient (Wildman–Crippen LogP) is 1.75. The first-order valence-corrected chi connectivity index (χ1v) is 5.71. The molecule has 0 aromatic carbocycles. The number of aliphatic hydroxyl groups excluding tert-OH is 1. The van der Waals surface area contributed by atoms with Gasteiger partial charge in [-0.25, -0.2) is 4.98 Å². The van der Waals surface area contributed by atoms with Crippen molar-refractivity contribution in [3.8, 4) is 0 Å². The maximum atomic E-state index is 10.0. The Bertz CT molecular complexity index is 449. The molecule has 1 atom stereocenters. The summed E-state index contributed by atoms with van der Waals surface area (Å²) >= 11 is 1.54. The van der Waals surface area contributed by atoms with Gasteiger partial charge in [-0.1, -0.05) is 0 Å². The van der Waals surface area contributed by atoms with E-state index >= 15 is 0 Å². The summed E-state index contributed by atoms with van der Waals surface area (Å²) in [7, 11) is 0. The minimum absolute atomic E-state index is 0.657. The summed E-state index contributed by atoms with van der Waals surface area (Å²) in [5.41, 5.74) is 1.50. The Morgan fingerprint density at radius 1 is 1.60 bits per heavy atom. The van der Waals surface area contributed by atoms with Crippen LogP contribution in [-0.2, 0) is 6.54 Å². The molecule has 5 heteroatoms. The summed E-state index contributed by atoms with van der Waals surface area (Å²) in [6.45, 7) is 4.75. The van der Waals surface area contributed by atoms with Gasteiger partial charge < -0.3 is 5.11 Å². The fourth-order valence-electron chi connectivity index (χ4n) is 1.37. The van der Waals surface area contributed by atoms with Crippen molar-refractivity contribution in [1.82, 2.24) is 14.8 Å². The molecule has 2 aromatic heterocycles. The van der Waals surface area contributed by atoms with Crippen LogP contribution in [0.2, 0.25) is 0 Å². The fourth-order valence-corrected chi connectivity index (χ4v) is 2.00. The average Bonchev–Trinajstić information content (AvgIpc) is 2.84. The molecule has 0 radical (unpaired) electrons. The van der Waals surface area contributed by atoms with E-state index in [9.17, 15) is 5.11 Å². The van der Waals surface area contributed by atoms with E-state index in [1.165, 1.54) is 0 Å². The Kier molecular flexibility index (Phi) is 2.83. The van der Waals surface area contributed by atoms with Crippen LogP contribution in [0.1, 0.15) is 29.3 Å². The molecule has 0 spiro atoms. The molecule has 0 aliphatic heterocycles. The van der Waals surface area contributed by atoms with Gasteiger partial charge in [-0.05, 0) is 13.8 Å². The van der Waals surface area contributed by atoms with Crippen molar-refractivity contribution in [3.63, 3.8) is 0 Å². The molecule has 0 amide bonds. The number of rotatable bonds is 3. The molecule has 2 aromatic rings. The Morgan fingerprint density at radius 3 is 2.93 bits per heavy atom. The first kappa shape index (κ1) is 10.3. The van der Waals surface area contributed by atoms with E-state index in [0.717, 1.165) is 17.1 Å². The molecule has 0 saturated carbocycles. The highest BCUT2D eigenvalue weighted by atomic mass is 32.1. The molecule has 4 nitrogen and oxygen atoms in total. The minimum atomic E-state index is -0.657. The lowest BCUT2D eigenvalue weighted by atomic mass is 10.1. The van der Waals surface area contributed by atoms with Gasteiger partial charge in [0, 0.05) is 23.7 Å². The summed E-state index contributed by atoms with van der Waals surface area (Å²) in [6.07, 6.45) is 2.87. The molecule has 0 saturated heterocycles. The maximum absolute atomic E-state index is 10.0. The fraction of sp³-hybridized carbons (Fsp3) is 0.400. The van der Waals surface area contributed by atoms with E-state index in [2.05, 4.69) is 10.1 Å². The molecular weight excluding hydrogens is 210 g/mol. The van der Waals surface area contributed by atoms with Crippen molar-refractivity contribution >= 4 is 11.3 Å². The topological polar surface area (TPSA) is 50.9 Å². The second-order valence-electron chi connectivity index (χ2n) is 3.32. The van der Waals surface area contributed by atoms with Crippen LogP contribution >= 0.6 is 11.3 Å². The summed E-state index contributed by atoms with van der Waals surface area (Å²) in [5.74, 6) is 0. The van der Waals surface area contributed by atoms with E-state index in [-0.39, 0.29) is 0 Å². The molecule has 0 aliphatic rings. The molecule has 1 N–H and O–H groups in total. The predicted molar refractivity (Wildman–Crippen MR) is 58.8 cm³/mol. The van der Waals surface area contributed by atoms with Crippen molar-refractivity contribution < 1.29 is 5.11 Å². The third-order valence-corrected chi connectivity index (χ3v) is 3.00. The van der Waals surface area contributed by atoms with Crippen molar-refractivity contribution in [3.05, 3.63) is 34.0 Å². The quantitative estimate of drug-likeness (QED) is 0.862. The number of hydrogen-bond donors (Lipinski definition) is 1. The molecule has 2 rings (SSSR count). The van der Waals surface area contributed by atoms with Gasteiger partial charge in [0.15, 0.2) is 0 Å². The number of nitrogens with zero attached hydrogens (tertiary/aromatic N) is 3. The lowest BCUT2D eigenvalue weighted by Crippen LogP contribution is -1.99. The highest BCUT2D eigenvalue weighted by Crippen LogP contribution is 2.22. The second kappa shape index (κ2) is 4.12. The lowest BCUT2D eigenvalue weighted by Gasteiger charge is -2.03. The molecular formula is C10H13N3OS. The van der Waals surface area contributed by atoms with Gasteiger partial charge in [-0.2, -0.15) is 5.10 Å². The summed E-state index contributed by atoms with van der Waals surface area (Å²) in [6, 6.07) is 0. The highest BCUT2D eigenvalue weighted by molar-refractivity contribution is 7.09. The van der Waals surface area contributed by atoms with Gasteiger partial charge in [0.25, 0.3) is 0 Å². The Balaban J connectivity index is 2.23. The van der Waals surface area contributed by atoms with Gasteiger partial charge >= 0.3 is 0 Å². The van der Waals surface area contributed by atoms with Crippen LogP contribution in [0.25, 0.3) is 0 Å². The molecule has 0 bridgehead atoms. The molecule has 1 unspecified atom stereocenters. The first-order chi connectivity index (χ1) is 7.20. The third kappa shape index (κ3) is 2.08.